The second-order valence-corrected chi connectivity index (χ2v) is 8.14. The number of thiophene rings is 1. The number of carbonyl (C=O) groups excluding carboxylic acids is 1. The van der Waals surface area contributed by atoms with Crippen molar-refractivity contribution < 1.29 is 28.6 Å². The highest BCUT2D eigenvalue weighted by molar-refractivity contribution is 7.09. The van der Waals surface area contributed by atoms with Crippen LogP contribution in [0.1, 0.15) is 30.6 Å². The lowest BCUT2D eigenvalue weighted by molar-refractivity contribution is -0.131. The first kappa shape index (κ1) is 21.7. The number of rotatable bonds is 5. The summed E-state index contributed by atoms with van der Waals surface area (Å²) in [5.41, 5.74) is -0.967. The summed E-state index contributed by atoms with van der Waals surface area (Å²) in [7, 11) is 0. The normalized spacial score (nSPS) is 24.9. The van der Waals surface area contributed by atoms with Gasteiger partial charge in [0.2, 0.25) is 5.91 Å². The van der Waals surface area contributed by atoms with Gasteiger partial charge in [0.1, 0.15) is 0 Å². The van der Waals surface area contributed by atoms with Gasteiger partial charge in [0.05, 0.1) is 12.1 Å². The monoisotopic (exact) mass is 404 g/mol. The molecular formula is C18H26F2N2O4S. The number of hydrogen-bond acceptors (Lipinski definition) is 5. The van der Waals surface area contributed by atoms with E-state index in [4.69, 9.17) is 9.90 Å². The van der Waals surface area contributed by atoms with Crippen molar-refractivity contribution >= 4 is 23.7 Å². The molecule has 1 unspecified atom stereocenters. The van der Waals surface area contributed by atoms with Crippen LogP contribution in [0.25, 0.3) is 0 Å². The minimum Gasteiger partial charge on any atom is -0.483 e. The summed E-state index contributed by atoms with van der Waals surface area (Å²) < 4.78 is 26.4. The number of amides is 1. The Morgan fingerprint density at radius 3 is 2.52 bits per heavy atom. The number of carboxylic acid groups (broad SMARTS) is 1. The molecular weight excluding hydrogens is 378 g/mol. The molecule has 2 saturated heterocycles. The van der Waals surface area contributed by atoms with Gasteiger partial charge >= 0.3 is 0 Å². The molecule has 27 heavy (non-hydrogen) atoms. The molecule has 2 aliphatic rings. The lowest BCUT2D eigenvalue weighted by Gasteiger charge is -2.36. The standard InChI is InChI=1S/C17H24F2N2O2S.CH2O2/c18-17(19)6-8-20(9-7-17)12-16(23)5-10-21(13-16)15(22)4-3-14-2-1-11-24-14;2-1-3/h1-2,11,23H,3-10,12-13H2;1H,(H,2,3). The summed E-state index contributed by atoms with van der Waals surface area (Å²) in [5, 5.41) is 19.6. The largest absolute Gasteiger partial charge is 0.483 e. The molecule has 0 aliphatic carbocycles. The first-order valence-corrected chi connectivity index (χ1v) is 9.85. The van der Waals surface area contributed by atoms with Gasteiger partial charge in [0.15, 0.2) is 0 Å². The number of nitrogens with zero attached hydrogens (tertiary/aromatic N) is 2. The first-order valence-electron chi connectivity index (χ1n) is 8.97. The van der Waals surface area contributed by atoms with Crippen LogP contribution >= 0.6 is 11.3 Å². The number of β-amino-alcohol motifs (C(OH)–C–C–N with tert-alkyl or cyclic N) is 1. The van der Waals surface area contributed by atoms with Gasteiger partial charge in [-0.25, -0.2) is 8.78 Å². The van der Waals surface area contributed by atoms with Crippen molar-refractivity contribution in [3.63, 3.8) is 0 Å². The molecule has 0 saturated carbocycles. The molecule has 3 heterocycles. The highest BCUT2D eigenvalue weighted by atomic mass is 32.1. The van der Waals surface area contributed by atoms with Gasteiger partial charge in [0, 0.05) is 50.3 Å². The van der Waals surface area contributed by atoms with Crippen LogP contribution in [0.5, 0.6) is 0 Å². The Morgan fingerprint density at radius 2 is 1.93 bits per heavy atom. The molecule has 2 fully saturated rings. The van der Waals surface area contributed by atoms with Gasteiger partial charge in [-0.05, 0) is 24.3 Å². The van der Waals surface area contributed by atoms with Gasteiger partial charge in [0.25, 0.3) is 12.4 Å². The number of hydrogen-bond donors (Lipinski definition) is 2. The molecule has 152 valence electrons. The van der Waals surface area contributed by atoms with Crippen molar-refractivity contribution in [3.8, 4) is 0 Å². The van der Waals surface area contributed by atoms with Crippen LogP contribution in [-0.2, 0) is 16.0 Å². The van der Waals surface area contributed by atoms with E-state index < -0.39 is 11.5 Å². The third-order valence-corrected chi connectivity index (χ3v) is 5.89. The molecule has 0 spiro atoms. The zero-order chi connectivity index (χ0) is 19.9. The van der Waals surface area contributed by atoms with Crippen LogP contribution in [0, 0.1) is 0 Å². The van der Waals surface area contributed by atoms with Crippen molar-refractivity contribution in [2.45, 2.75) is 43.6 Å². The lowest BCUT2D eigenvalue weighted by atomic mass is 10.00. The molecule has 0 bridgehead atoms. The maximum absolute atomic E-state index is 13.2. The number of carbonyl (C=O) groups is 2. The maximum Gasteiger partial charge on any atom is 0.290 e. The van der Waals surface area contributed by atoms with Crippen LogP contribution in [-0.4, -0.2) is 76.6 Å². The summed E-state index contributed by atoms with van der Waals surface area (Å²) in [6.07, 6.45) is 1.41. The van der Waals surface area contributed by atoms with E-state index in [1.165, 1.54) is 4.88 Å². The predicted molar refractivity (Wildman–Crippen MR) is 98.1 cm³/mol. The zero-order valence-corrected chi connectivity index (χ0v) is 16.0. The van der Waals surface area contributed by atoms with E-state index in [1.807, 2.05) is 22.4 Å². The molecule has 6 nitrogen and oxygen atoms in total. The number of alkyl halides is 2. The average molecular weight is 404 g/mol. The number of piperidine rings is 1. The smallest absolute Gasteiger partial charge is 0.290 e. The molecule has 1 atom stereocenters. The Balaban J connectivity index is 0.000000817. The van der Waals surface area contributed by atoms with E-state index in [2.05, 4.69) is 0 Å². The third kappa shape index (κ3) is 6.82. The Bertz CT molecular complexity index is 605. The van der Waals surface area contributed by atoms with E-state index in [0.29, 0.717) is 45.6 Å². The van der Waals surface area contributed by atoms with Crippen LogP contribution in [0.4, 0.5) is 8.78 Å². The summed E-state index contributed by atoms with van der Waals surface area (Å²) in [5.74, 6) is -2.51. The van der Waals surface area contributed by atoms with E-state index in [1.54, 1.807) is 16.2 Å². The summed E-state index contributed by atoms with van der Waals surface area (Å²) in [4.78, 5) is 25.5. The second-order valence-electron chi connectivity index (χ2n) is 7.11. The summed E-state index contributed by atoms with van der Waals surface area (Å²) in [6, 6.07) is 3.99. The second kappa shape index (κ2) is 9.57. The molecule has 0 aromatic carbocycles. The van der Waals surface area contributed by atoms with Crippen LogP contribution in [0.3, 0.4) is 0 Å². The van der Waals surface area contributed by atoms with Crippen molar-refractivity contribution in [2.24, 2.45) is 0 Å². The summed E-state index contributed by atoms with van der Waals surface area (Å²) in [6.45, 7) is 1.59. The van der Waals surface area contributed by atoms with E-state index in [0.717, 1.165) is 6.42 Å². The van der Waals surface area contributed by atoms with Crippen molar-refractivity contribution in [1.82, 2.24) is 9.80 Å². The number of aliphatic hydroxyl groups is 1. The maximum atomic E-state index is 13.2. The molecule has 2 aliphatic heterocycles. The zero-order valence-electron chi connectivity index (χ0n) is 15.1. The minimum absolute atomic E-state index is 0.0597. The van der Waals surface area contributed by atoms with Gasteiger partial charge < -0.3 is 15.1 Å². The molecule has 3 rings (SSSR count). The summed E-state index contributed by atoms with van der Waals surface area (Å²) >= 11 is 1.64. The highest BCUT2D eigenvalue weighted by Crippen LogP contribution is 2.30. The number of halogens is 2. The topological polar surface area (TPSA) is 81.1 Å². The van der Waals surface area contributed by atoms with Gasteiger partial charge in [-0.1, -0.05) is 6.07 Å². The Morgan fingerprint density at radius 1 is 1.26 bits per heavy atom. The highest BCUT2D eigenvalue weighted by Gasteiger charge is 2.41. The molecule has 2 N–H and O–H groups in total. The SMILES string of the molecule is O=C(CCc1cccs1)N1CCC(O)(CN2CCC(F)(F)CC2)C1.O=CO. The first-order chi connectivity index (χ1) is 12.8. The van der Waals surface area contributed by atoms with E-state index >= 15 is 0 Å². The fraction of sp³-hybridized carbons (Fsp3) is 0.667. The van der Waals surface area contributed by atoms with Crippen LogP contribution in [0.2, 0.25) is 0 Å². The van der Waals surface area contributed by atoms with E-state index in [-0.39, 0.29) is 25.2 Å². The third-order valence-electron chi connectivity index (χ3n) is 4.96. The van der Waals surface area contributed by atoms with E-state index in [9.17, 15) is 18.7 Å². The quantitative estimate of drug-likeness (QED) is 0.735. The molecule has 0 radical (unpaired) electrons. The predicted octanol–water partition coefficient (Wildman–Crippen LogP) is 2.08. The van der Waals surface area contributed by atoms with Crippen LogP contribution in [0.15, 0.2) is 17.5 Å². The lowest BCUT2D eigenvalue weighted by Crippen LogP contribution is -2.49. The van der Waals surface area contributed by atoms with Gasteiger partial charge in [-0.3, -0.25) is 14.5 Å². The fourth-order valence-corrected chi connectivity index (χ4v) is 4.20. The minimum atomic E-state index is -2.57. The van der Waals surface area contributed by atoms with Gasteiger partial charge in [-0.2, -0.15) is 0 Å². The van der Waals surface area contributed by atoms with Gasteiger partial charge in [-0.15, -0.1) is 11.3 Å². The average Bonchev–Trinajstić information content (AvgIpc) is 3.25. The Kier molecular flexibility index (Phi) is 7.69. The number of likely N-dealkylation sites (tertiary alicyclic amines) is 2. The fourth-order valence-electron chi connectivity index (χ4n) is 3.50. The van der Waals surface area contributed by atoms with Crippen molar-refractivity contribution in [1.29, 1.82) is 0 Å². The Labute approximate surface area is 161 Å². The Hall–Kier alpha value is -1.58. The molecule has 1 aromatic heterocycles. The van der Waals surface area contributed by atoms with Crippen molar-refractivity contribution in [3.05, 3.63) is 22.4 Å². The van der Waals surface area contributed by atoms with Crippen molar-refractivity contribution in [2.75, 3.05) is 32.7 Å². The molecule has 1 aromatic rings. The van der Waals surface area contributed by atoms with Crippen LogP contribution < -0.4 is 0 Å². The molecule has 1 amide bonds. The number of aryl methyl sites for hydroxylation is 1. The molecule has 9 heteroatoms.